The summed E-state index contributed by atoms with van der Waals surface area (Å²) in [6, 6.07) is 2.32. The SMILES string of the molecule is Cc1cc(C(C)NC(C)C(=O)N2CC(C)CC(C)C2)c(C)s1. The second kappa shape index (κ2) is 7.14. The van der Waals surface area contributed by atoms with Crippen LogP contribution < -0.4 is 5.32 Å². The van der Waals surface area contributed by atoms with Crippen molar-refractivity contribution in [1.29, 1.82) is 0 Å². The third-order valence-corrected chi connectivity index (χ3v) is 5.58. The van der Waals surface area contributed by atoms with Gasteiger partial charge in [-0.05, 0) is 57.6 Å². The summed E-state index contributed by atoms with van der Waals surface area (Å²) in [4.78, 5) is 17.4. The van der Waals surface area contributed by atoms with Crippen molar-refractivity contribution in [3.8, 4) is 0 Å². The summed E-state index contributed by atoms with van der Waals surface area (Å²) in [6.07, 6.45) is 1.23. The molecule has 3 nitrogen and oxygen atoms in total. The monoisotopic (exact) mass is 322 g/mol. The van der Waals surface area contributed by atoms with E-state index < -0.39 is 0 Å². The zero-order chi connectivity index (χ0) is 16.4. The van der Waals surface area contributed by atoms with Crippen LogP contribution in [0.25, 0.3) is 0 Å². The minimum Gasteiger partial charge on any atom is -0.341 e. The molecular formula is C18H30N2OS. The number of rotatable bonds is 4. The Hall–Kier alpha value is -0.870. The molecule has 4 heteroatoms. The molecule has 1 aromatic rings. The first kappa shape index (κ1) is 17.5. The zero-order valence-electron chi connectivity index (χ0n) is 14.8. The Labute approximate surface area is 139 Å². The van der Waals surface area contributed by atoms with Crippen LogP contribution in [-0.2, 0) is 4.79 Å². The van der Waals surface area contributed by atoms with Crippen LogP contribution in [0, 0.1) is 25.7 Å². The lowest BCUT2D eigenvalue weighted by Gasteiger charge is -2.37. The lowest BCUT2D eigenvalue weighted by Crippen LogP contribution is -2.50. The van der Waals surface area contributed by atoms with Gasteiger partial charge in [-0.25, -0.2) is 0 Å². The molecule has 124 valence electrons. The van der Waals surface area contributed by atoms with E-state index in [4.69, 9.17) is 0 Å². The number of hydrogen-bond acceptors (Lipinski definition) is 3. The van der Waals surface area contributed by atoms with E-state index in [-0.39, 0.29) is 18.0 Å². The molecule has 0 aromatic carbocycles. The molecule has 0 spiro atoms. The molecule has 1 aliphatic rings. The summed E-state index contributed by atoms with van der Waals surface area (Å²) in [5.74, 6) is 1.47. The molecule has 1 fully saturated rings. The van der Waals surface area contributed by atoms with Gasteiger partial charge >= 0.3 is 0 Å². The van der Waals surface area contributed by atoms with Gasteiger partial charge in [0.15, 0.2) is 0 Å². The lowest BCUT2D eigenvalue weighted by molar-refractivity contribution is -0.135. The lowest BCUT2D eigenvalue weighted by atomic mass is 9.91. The van der Waals surface area contributed by atoms with Gasteiger partial charge in [-0.3, -0.25) is 10.1 Å². The van der Waals surface area contributed by atoms with Crippen molar-refractivity contribution in [2.24, 2.45) is 11.8 Å². The molecule has 1 aromatic heterocycles. The maximum Gasteiger partial charge on any atom is 0.239 e. The van der Waals surface area contributed by atoms with E-state index in [0.717, 1.165) is 13.1 Å². The molecule has 22 heavy (non-hydrogen) atoms. The van der Waals surface area contributed by atoms with Crippen molar-refractivity contribution < 1.29 is 4.79 Å². The highest BCUT2D eigenvalue weighted by atomic mass is 32.1. The smallest absolute Gasteiger partial charge is 0.239 e. The number of nitrogens with one attached hydrogen (secondary N) is 1. The van der Waals surface area contributed by atoms with Gasteiger partial charge in [-0.1, -0.05) is 13.8 Å². The van der Waals surface area contributed by atoms with Gasteiger partial charge in [0.05, 0.1) is 6.04 Å². The number of carbonyl (C=O) groups is 1. The second-order valence-corrected chi connectivity index (χ2v) is 8.63. The summed E-state index contributed by atoms with van der Waals surface area (Å²) < 4.78 is 0. The van der Waals surface area contributed by atoms with E-state index in [9.17, 15) is 4.79 Å². The summed E-state index contributed by atoms with van der Waals surface area (Å²) in [5, 5.41) is 3.49. The van der Waals surface area contributed by atoms with Gasteiger partial charge in [-0.15, -0.1) is 11.3 Å². The molecule has 0 bridgehead atoms. The normalized spacial score (nSPS) is 25.1. The van der Waals surface area contributed by atoms with Crippen molar-refractivity contribution >= 4 is 17.2 Å². The quantitative estimate of drug-likeness (QED) is 0.911. The summed E-state index contributed by atoms with van der Waals surface area (Å²) in [5.41, 5.74) is 1.32. The highest BCUT2D eigenvalue weighted by Crippen LogP contribution is 2.27. The molecule has 2 rings (SSSR count). The molecule has 2 heterocycles. The van der Waals surface area contributed by atoms with Crippen LogP contribution in [0.15, 0.2) is 6.07 Å². The molecule has 1 N–H and O–H groups in total. The minimum absolute atomic E-state index is 0.132. The number of thiophene rings is 1. The van der Waals surface area contributed by atoms with Gasteiger partial charge in [0, 0.05) is 28.9 Å². The maximum absolute atomic E-state index is 12.7. The van der Waals surface area contributed by atoms with Crippen LogP contribution in [-0.4, -0.2) is 29.9 Å². The van der Waals surface area contributed by atoms with E-state index in [1.807, 2.05) is 18.3 Å². The van der Waals surface area contributed by atoms with Crippen molar-refractivity contribution in [3.05, 3.63) is 21.4 Å². The number of piperidine rings is 1. The summed E-state index contributed by atoms with van der Waals surface area (Å²) >= 11 is 1.83. The predicted molar refractivity (Wildman–Crippen MR) is 94.3 cm³/mol. The number of likely N-dealkylation sites (tertiary alicyclic amines) is 1. The highest BCUT2D eigenvalue weighted by molar-refractivity contribution is 7.12. The van der Waals surface area contributed by atoms with Crippen LogP contribution in [0.4, 0.5) is 0 Å². The summed E-state index contributed by atoms with van der Waals surface area (Å²) in [6.45, 7) is 14.7. The fourth-order valence-corrected chi connectivity index (χ4v) is 4.76. The van der Waals surface area contributed by atoms with Gasteiger partial charge in [0.25, 0.3) is 0 Å². The average Bonchev–Trinajstić information content (AvgIpc) is 2.75. The maximum atomic E-state index is 12.7. The minimum atomic E-state index is -0.132. The van der Waals surface area contributed by atoms with Gasteiger partial charge < -0.3 is 4.90 Å². The average molecular weight is 323 g/mol. The predicted octanol–water partition coefficient (Wildman–Crippen LogP) is 3.91. The molecule has 1 amide bonds. The number of amides is 1. The fraction of sp³-hybridized carbons (Fsp3) is 0.722. The largest absolute Gasteiger partial charge is 0.341 e. The van der Waals surface area contributed by atoms with Crippen LogP contribution in [0.2, 0.25) is 0 Å². The molecule has 0 radical (unpaired) electrons. The van der Waals surface area contributed by atoms with Crippen molar-refractivity contribution in [2.75, 3.05) is 13.1 Å². The van der Waals surface area contributed by atoms with Crippen LogP contribution in [0.3, 0.4) is 0 Å². The number of carbonyl (C=O) groups excluding carboxylic acids is 1. The molecule has 4 atom stereocenters. The molecule has 1 saturated heterocycles. The first-order valence-corrected chi connectivity index (χ1v) is 9.21. The molecule has 4 unspecified atom stereocenters. The van der Waals surface area contributed by atoms with Crippen molar-refractivity contribution in [3.63, 3.8) is 0 Å². The Morgan fingerprint density at radius 3 is 2.36 bits per heavy atom. The number of aryl methyl sites for hydroxylation is 2. The van der Waals surface area contributed by atoms with Gasteiger partial charge in [-0.2, -0.15) is 0 Å². The van der Waals surface area contributed by atoms with Gasteiger partial charge in [0.2, 0.25) is 5.91 Å². The molecule has 0 saturated carbocycles. The number of hydrogen-bond donors (Lipinski definition) is 1. The first-order valence-electron chi connectivity index (χ1n) is 8.39. The standard InChI is InChI=1S/C18H30N2OS/c1-11-7-12(2)10-20(9-11)18(21)15(5)19-14(4)17-8-13(3)22-16(17)6/h8,11-12,14-15,19H,7,9-10H2,1-6H3. The topological polar surface area (TPSA) is 32.3 Å². The van der Waals surface area contributed by atoms with E-state index in [1.165, 1.54) is 21.7 Å². The first-order chi connectivity index (χ1) is 10.3. The highest BCUT2D eigenvalue weighted by Gasteiger charge is 2.29. The Kier molecular flexibility index (Phi) is 5.67. The van der Waals surface area contributed by atoms with Gasteiger partial charge in [0.1, 0.15) is 0 Å². The Morgan fingerprint density at radius 2 is 1.86 bits per heavy atom. The van der Waals surface area contributed by atoms with Crippen LogP contribution in [0.5, 0.6) is 0 Å². The van der Waals surface area contributed by atoms with E-state index >= 15 is 0 Å². The Balaban J connectivity index is 1.97. The van der Waals surface area contributed by atoms with Crippen LogP contribution >= 0.6 is 11.3 Å². The Bertz CT molecular complexity index is 515. The third-order valence-electron chi connectivity index (χ3n) is 4.60. The van der Waals surface area contributed by atoms with Crippen molar-refractivity contribution in [1.82, 2.24) is 10.2 Å². The van der Waals surface area contributed by atoms with E-state index in [2.05, 4.69) is 50.9 Å². The van der Waals surface area contributed by atoms with Crippen molar-refractivity contribution in [2.45, 2.75) is 60.0 Å². The molecular weight excluding hydrogens is 292 g/mol. The van der Waals surface area contributed by atoms with E-state index in [0.29, 0.717) is 11.8 Å². The fourth-order valence-electron chi connectivity index (χ4n) is 3.73. The zero-order valence-corrected chi connectivity index (χ0v) is 15.6. The molecule has 1 aliphatic heterocycles. The summed E-state index contributed by atoms with van der Waals surface area (Å²) in [7, 11) is 0. The van der Waals surface area contributed by atoms with Crippen LogP contribution in [0.1, 0.15) is 55.5 Å². The number of nitrogens with zero attached hydrogens (tertiary/aromatic N) is 1. The Morgan fingerprint density at radius 1 is 1.27 bits per heavy atom. The third kappa shape index (κ3) is 4.11. The molecule has 0 aliphatic carbocycles. The second-order valence-electron chi connectivity index (χ2n) is 7.17. The van der Waals surface area contributed by atoms with E-state index in [1.54, 1.807) is 0 Å².